The maximum absolute atomic E-state index is 12.6. The molecule has 1 aromatic carbocycles. The van der Waals surface area contributed by atoms with Gasteiger partial charge in [0.15, 0.2) is 0 Å². The standard InChI is InChI=1S/C18H17BrN4O5/c1-18(2,3)28-17(27)21-8-4-5-10(19)11(6-8)23-12(24)7-9-13(14(23)20)16(26)22-15(9)25/h4-7H,20H2,1-3H3,(H,21,27)(H,22,25,26). The summed E-state index contributed by atoms with van der Waals surface area (Å²) in [7, 11) is 0. The van der Waals surface area contributed by atoms with Crippen molar-refractivity contribution in [2.24, 2.45) is 0 Å². The van der Waals surface area contributed by atoms with Crippen molar-refractivity contribution >= 4 is 45.3 Å². The van der Waals surface area contributed by atoms with Gasteiger partial charge in [0.25, 0.3) is 17.4 Å². The van der Waals surface area contributed by atoms with E-state index >= 15 is 0 Å². The average molecular weight is 449 g/mol. The van der Waals surface area contributed by atoms with E-state index < -0.39 is 29.1 Å². The molecule has 0 unspecified atom stereocenters. The Morgan fingerprint density at radius 1 is 1.18 bits per heavy atom. The third-order valence-electron chi connectivity index (χ3n) is 3.79. The number of nitrogens with one attached hydrogen (secondary N) is 2. The molecule has 0 bridgehead atoms. The first-order chi connectivity index (χ1) is 13.0. The van der Waals surface area contributed by atoms with Crippen LogP contribution < -0.4 is 21.9 Å². The third kappa shape index (κ3) is 3.63. The Balaban J connectivity index is 2.07. The van der Waals surface area contributed by atoms with E-state index in [2.05, 4.69) is 26.6 Å². The van der Waals surface area contributed by atoms with Gasteiger partial charge in [0.1, 0.15) is 11.4 Å². The second-order valence-corrected chi connectivity index (χ2v) is 7.92. The molecule has 2 heterocycles. The summed E-state index contributed by atoms with van der Waals surface area (Å²) >= 11 is 3.33. The fourth-order valence-electron chi connectivity index (χ4n) is 2.71. The number of hydrogen-bond acceptors (Lipinski definition) is 6. The first-order valence-electron chi connectivity index (χ1n) is 8.19. The number of halogens is 1. The summed E-state index contributed by atoms with van der Waals surface area (Å²) in [5, 5.41) is 4.68. The summed E-state index contributed by atoms with van der Waals surface area (Å²) in [6.45, 7) is 5.20. The lowest BCUT2D eigenvalue weighted by atomic mass is 10.1. The molecule has 0 saturated heterocycles. The van der Waals surface area contributed by atoms with Gasteiger partial charge in [-0.15, -0.1) is 0 Å². The first kappa shape index (κ1) is 19.6. The number of rotatable bonds is 2. The van der Waals surface area contributed by atoms with Gasteiger partial charge in [-0.2, -0.15) is 0 Å². The van der Waals surface area contributed by atoms with E-state index in [9.17, 15) is 19.2 Å². The molecule has 28 heavy (non-hydrogen) atoms. The van der Waals surface area contributed by atoms with Gasteiger partial charge in [-0.25, -0.2) is 4.79 Å². The molecule has 9 nitrogen and oxygen atoms in total. The molecule has 0 saturated carbocycles. The van der Waals surface area contributed by atoms with Crippen LogP contribution in [0.2, 0.25) is 0 Å². The van der Waals surface area contributed by atoms with Crippen LogP contribution >= 0.6 is 15.9 Å². The minimum absolute atomic E-state index is 0.0668. The highest BCUT2D eigenvalue weighted by atomic mass is 79.9. The smallest absolute Gasteiger partial charge is 0.412 e. The van der Waals surface area contributed by atoms with E-state index in [1.54, 1.807) is 32.9 Å². The van der Waals surface area contributed by atoms with Crippen molar-refractivity contribution < 1.29 is 19.1 Å². The van der Waals surface area contributed by atoms with Crippen LogP contribution in [-0.2, 0) is 4.74 Å². The number of aromatic nitrogens is 1. The van der Waals surface area contributed by atoms with Crippen LogP contribution in [0, 0.1) is 0 Å². The fourth-order valence-corrected chi connectivity index (χ4v) is 3.14. The molecule has 0 fully saturated rings. The highest BCUT2D eigenvalue weighted by molar-refractivity contribution is 9.10. The Bertz CT molecular complexity index is 1080. The molecule has 0 spiro atoms. The van der Waals surface area contributed by atoms with Crippen LogP contribution in [0.25, 0.3) is 5.69 Å². The molecule has 1 aliphatic heterocycles. The minimum atomic E-state index is -0.677. The highest BCUT2D eigenvalue weighted by Crippen LogP contribution is 2.29. The molecular weight excluding hydrogens is 432 g/mol. The van der Waals surface area contributed by atoms with Crippen LogP contribution in [0.5, 0.6) is 0 Å². The number of pyridine rings is 1. The van der Waals surface area contributed by atoms with E-state index in [-0.39, 0.29) is 22.6 Å². The molecule has 0 atom stereocenters. The van der Waals surface area contributed by atoms with Gasteiger partial charge in [-0.1, -0.05) is 0 Å². The third-order valence-corrected chi connectivity index (χ3v) is 4.46. The van der Waals surface area contributed by atoms with Crippen molar-refractivity contribution in [3.63, 3.8) is 0 Å². The van der Waals surface area contributed by atoms with Crippen molar-refractivity contribution in [2.45, 2.75) is 26.4 Å². The summed E-state index contributed by atoms with van der Waals surface area (Å²) in [6, 6.07) is 5.74. The number of nitrogens with two attached hydrogens (primary N) is 1. The summed E-state index contributed by atoms with van der Waals surface area (Å²) in [4.78, 5) is 48.4. The molecule has 4 N–H and O–H groups in total. The van der Waals surface area contributed by atoms with Crippen LogP contribution in [-0.4, -0.2) is 28.1 Å². The van der Waals surface area contributed by atoms with Gasteiger partial charge in [-0.05, 0) is 54.9 Å². The van der Waals surface area contributed by atoms with Gasteiger partial charge in [0, 0.05) is 16.2 Å². The molecule has 2 aromatic rings. The van der Waals surface area contributed by atoms with Crippen LogP contribution in [0.15, 0.2) is 33.5 Å². The van der Waals surface area contributed by atoms with Gasteiger partial charge < -0.3 is 10.5 Å². The van der Waals surface area contributed by atoms with Crippen LogP contribution in [0.1, 0.15) is 41.5 Å². The second kappa shape index (κ2) is 6.79. The number of nitrogens with zero attached hydrogens (tertiary/aromatic N) is 1. The predicted molar refractivity (Wildman–Crippen MR) is 106 cm³/mol. The molecule has 1 aliphatic rings. The Hall–Kier alpha value is -3.14. The highest BCUT2D eigenvalue weighted by Gasteiger charge is 2.32. The zero-order chi connectivity index (χ0) is 20.8. The summed E-state index contributed by atoms with van der Waals surface area (Å²) in [5.41, 5.74) is 5.26. The number of hydrogen-bond donors (Lipinski definition) is 3. The molecular formula is C18H17BrN4O5. The van der Waals surface area contributed by atoms with Crippen LogP contribution in [0.3, 0.4) is 0 Å². The number of carbonyl (C=O) groups is 3. The molecule has 0 aliphatic carbocycles. The number of imide groups is 1. The SMILES string of the molecule is CC(C)(C)OC(=O)Nc1ccc(Br)c(-n2c(N)c3c(cc2=O)C(=O)NC3=O)c1. The molecule has 3 amide bonds. The Labute approximate surface area is 168 Å². The number of carbonyl (C=O) groups excluding carboxylic acids is 3. The Kier molecular flexibility index (Phi) is 4.76. The lowest BCUT2D eigenvalue weighted by molar-refractivity contribution is 0.0635. The molecule has 146 valence electrons. The van der Waals surface area contributed by atoms with Gasteiger partial charge in [0.05, 0.1) is 16.8 Å². The zero-order valence-electron chi connectivity index (χ0n) is 15.3. The maximum Gasteiger partial charge on any atom is 0.412 e. The van der Waals surface area contributed by atoms with E-state index in [1.165, 1.54) is 6.07 Å². The van der Waals surface area contributed by atoms with Crippen molar-refractivity contribution in [2.75, 3.05) is 11.1 Å². The van der Waals surface area contributed by atoms with E-state index in [4.69, 9.17) is 10.5 Å². The lowest BCUT2D eigenvalue weighted by Gasteiger charge is -2.20. The number of ether oxygens (including phenoxy) is 1. The zero-order valence-corrected chi connectivity index (χ0v) is 16.8. The first-order valence-corrected chi connectivity index (χ1v) is 8.98. The summed E-state index contributed by atoms with van der Waals surface area (Å²) < 4.78 is 6.78. The van der Waals surface area contributed by atoms with Gasteiger partial charge in [-0.3, -0.25) is 29.6 Å². The number of amides is 3. The summed E-state index contributed by atoms with van der Waals surface area (Å²) in [5.74, 6) is -1.53. The average Bonchev–Trinajstić information content (AvgIpc) is 2.82. The summed E-state index contributed by atoms with van der Waals surface area (Å²) in [6.07, 6.45) is -0.667. The van der Waals surface area contributed by atoms with E-state index in [0.29, 0.717) is 10.2 Å². The van der Waals surface area contributed by atoms with Crippen molar-refractivity contribution in [1.82, 2.24) is 9.88 Å². The van der Waals surface area contributed by atoms with Crippen molar-refractivity contribution in [3.05, 3.63) is 50.2 Å². The van der Waals surface area contributed by atoms with E-state index in [1.807, 2.05) is 0 Å². The van der Waals surface area contributed by atoms with E-state index in [0.717, 1.165) is 10.6 Å². The molecule has 0 radical (unpaired) electrons. The lowest BCUT2D eigenvalue weighted by Crippen LogP contribution is -2.27. The quantitative estimate of drug-likeness (QED) is 0.604. The Morgan fingerprint density at radius 2 is 1.86 bits per heavy atom. The number of fused-ring (bicyclic) bond motifs is 1. The largest absolute Gasteiger partial charge is 0.444 e. The Morgan fingerprint density at radius 3 is 2.50 bits per heavy atom. The van der Waals surface area contributed by atoms with Crippen molar-refractivity contribution in [3.8, 4) is 5.69 Å². The predicted octanol–water partition coefficient (Wildman–Crippen LogP) is 2.41. The monoisotopic (exact) mass is 448 g/mol. The number of benzene rings is 1. The number of anilines is 2. The maximum atomic E-state index is 12.6. The van der Waals surface area contributed by atoms with Crippen molar-refractivity contribution in [1.29, 1.82) is 0 Å². The second-order valence-electron chi connectivity index (χ2n) is 7.07. The molecule has 10 heteroatoms. The number of nitrogen functional groups attached to an aromatic ring is 1. The van der Waals surface area contributed by atoms with Crippen LogP contribution in [0.4, 0.5) is 16.3 Å². The minimum Gasteiger partial charge on any atom is -0.444 e. The fraction of sp³-hybridized carbons (Fsp3) is 0.222. The molecule has 3 rings (SSSR count). The van der Waals surface area contributed by atoms with Gasteiger partial charge >= 0.3 is 6.09 Å². The normalized spacial score (nSPS) is 13.1. The molecule has 1 aromatic heterocycles. The van der Waals surface area contributed by atoms with Gasteiger partial charge in [0.2, 0.25) is 0 Å². The topological polar surface area (TPSA) is 133 Å².